The van der Waals surface area contributed by atoms with Gasteiger partial charge in [-0.3, -0.25) is 10.4 Å². The molecule has 0 atom stereocenters. The summed E-state index contributed by atoms with van der Waals surface area (Å²) in [6, 6.07) is 0. The van der Waals surface area contributed by atoms with E-state index in [0.717, 1.165) is 25.6 Å². The number of nitrogens with zero attached hydrogens (tertiary/aromatic N) is 2. The number of nitrogens with one attached hydrogen (secondary N) is 1. The molecule has 0 bridgehead atoms. The predicted octanol–water partition coefficient (Wildman–Crippen LogP) is 1.34. The summed E-state index contributed by atoms with van der Waals surface area (Å²) in [5, 5.41) is 0. The summed E-state index contributed by atoms with van der Waals surface area (Å²) >= 11 is 0. The summed E-state index contributed by atoms with van der Waals surface area (Å²) in [4.78, 5) is 6.79. The summed E-state index contributed by atoms with van der Waals surface area (Å²) in [6.45, 7) is 7.35. The van der Waals surface area contributed by atoms with Gasteiger partial charge in [0, 0.05) is 19.6 Å². The van der Waals surface area contributed by atoms with Crippen molar-refractivity contribution >= 4 is 5.96 Å². The van der Waals surface area contributed by atoms with Gasteiger partial charge in [0.2, 0.25) is 5.96 Å². The van der Waals surface area contributed by atoms with Crippen molar-refractivity contribution in [3.05, 3.63) is 0 Å². The van der Waals surface area contributed by atoms with Crippen LogP contribution in [0.4, 0.5) is 0 Å². The van der Waals surface area contributed by atoms with E-state index in [4.69, 9.17) is 5.84 Å². The lowest BCUT2D eigenvalue weighted by Gasteiger charge is -2.23. The van der Waals surface area contributed by atoms with E-state index < -0.39 is 0 Å². The largest absolute Gasteiger partial charge is 0.342 e. The summed E-state index contributed by atoms with van der Waals surface area (Å²) in [6.07, 6.45) is 5.17. The van der Waals surface area contributed by atoms with Gasteiger partial charge in [-0.25, -0.2) is 5.84 Å². The monoisotopic (exact) mass is 212 g/mol. The van der Waals surface area contributed by atoms with Gasteiger partial charge in [0.05, 0.1) is 0 Å². The second kappa shape index (κ2) is 6.67. The van der Waals surface area contributed by atoms with Crippen LogP contribution < -0.4 is 11.3 Å². The molecule has 0 amide bonds. The molecule has 0 aliphatic carbocycles. The van der Waals surface area contributed by atoms with Crippen LogP contribution in [0.25, 0.3) is 0 Å². The molecule has 88 valence electrons. The predicted molar refractivity (Wildman–Crippen MR) is 64.5 cm³/mol. The van der Waals surface area contributed by atoms with E-state index in [1.165, 1.54) is 25.7 Å². The molecular weight excluding hydrogens is 188 g/mol. The fourth-order valence-corrected chi connectivity index (χ4v) is 1.79. The fraction of sp³-hybridized carbons (Fsp3) is 0.909. The number of likely N-dealkylation sites (tertiary alicyclic amines) is 1. The summed E-state index contributed by atoms with van der Waals surface area (Å²) in [5.74, 6) is 6.97. The van der Waals surface area contributed by atoms with E-state index in [-0.39, 0.29) is 0 Å². The lowest BCUT2D eigenvalue weighted by molar-refractivity contribution is 0.416. The van der Waals surface area contributed by atoms with Crippen LogP contribution in [0.1, 0.15) is 39.5 Å². The van der Waals surface area contributed by atoms with Crippen LogP contribution in [-0.4, -0.2) is 30.5 Å². The molecule has 0 aromatic rings. The van der Waals surface area contributed by atoms with E-state index in [1.807, 2.05) is 0 Å². The summed E-state index contributed by atoms with van der Waals surface area (Å²) < 4.78 is 0. The summed E-state index contributed by atoms with van der Waals surface area (Å²) in [5.41, 5.74) is 2.73. The number of hydrogen-bond donors (Lipinski definition) is 2. The third-order valence-corrected chi connectivity index (χ3v) is 2.64. The molecule has 1 aliphatic rings. The van der Waals surface area contributed by atoms with Crippen LogP contribution in [-0.2, 0) is 0 Å². The van der Waals surface area contributed by atoms with Crippen molar-refractivity contribution in [2.75, 3.05) is 19.6 Å². The molecule has 0 radical (unpaired) electrons. The molecule has 1 fully saturated rings. The Bertz CT molecular complexity index is 193. The maximum absolute atomic E-state index is 5.52. The van der Waals surface area contributed by atoms with Gasteiger partial charge >= 0.3 is 0 Å². The number of guanidine groups is 1. The smallest absolute Gasteiger partial charge is 0.208 e. The Kier molecular flexibility index (Phi) is 5.47. The maximum Gasteiger partial charge on any atom is 0.208 e. The average Bonchev–Trinajstić information content (AvgIpc) is 2.47. The first-order valence-corrected chi connectivity index (χ1v) is 6.00. The molecule has 3 N–H and O–H groups in total. The second-order valence-electron chi connectivity index (χ2n) is 4.60. The van der Waals surface area contributed by atoms with Gasteiger partial charge in [-0.05, 0) is 18.8 Å². The number of hydrogen-bond acceptors (Lipinski definition) is 2. The number of rotatable bonds is 2. The molecule has 1 saturated heterocycles. The second-order valence-corrected chi connectivity index (χ2v) is 4.60. The quantitative estimate of drug-likeness (QED) is 0.314. The zero-order valence-corrected chi connectivity index (χ0v) is 10.00. The zero-order valence-electron chi connectivity index (χ0n) is 10.00. The first kappa shape index (κ1) is 12.3. The molecule has 0 aromatic carbocycles. The molecular formula is C11H24N4. The van der Waals surface area contributed by atoms with E-state index in [0.29, 0.717) is 5.92 Å². The Morgan fingerprint density at radius 2 is 1.87 bits per heavy atom. The number of nitrogens with two attached hydrogens (primary N) is 1. The Labute approximate surface area is 92.9 Å². The molecule has 1 rings (SSSR count). The Morgan fingerprint density at radius 1 is 1.27 bits per heavy atom. The first-order chi connectivity index (χ1) is 7.24. The van der Waals surface area contributed by atoms with E-state index in [2.05, 4.69) is 29.2 Å². The zero-order chi connectivity index (χ0) is 11.1. The molecule has 1 heterocycles. The van der Waals surface area contributed by atoms with Crippen LogP contribution >= 0.6 is 0 Å². The SMILES string of the molecule is CC(C)CN=C(NN)N1CCCCCC1. The normalized spacial score (nSPS) is 19.2. The van der Waals surface area contributed by atoms with Crippen LogP contribution in [0.2, 0.25) is 0 Å². The number of aliphatic imine (C=N–C) groups is 1. The van der Waals surface area contributed by atoms with Crippen LogP contribution in [0.15, 0.2) is 4.99 Å². The molecule has 4 nitrogen and oxygen atoms in total. The van der Waals surface area contributed by atoms with Crippen LogP contribution in [0.5, 0.6) is 0 Å². The van der Waals surface area contributed by atoms with Crippen molar-refractivity contribution in [2.24, 2.45) is 16.8 Å². The van der Waals surface area contributed by atoms with Crippen molar-refractivity contribution in [1.82, 2.24) is 10.3 Å². The van der Waals surface area contributed by atoms with Crippen molar-refractivity contribution in [1.29, 1.82) is 0 Å². The molecule has 1 aliphatic heterocycles. The highest BCUT2D eigenvalue weighted by Gasteiger charge is 2.12. The van der Waals surface area contributed by atoms with Gasteiger partial charge in [0.25, 0.3) is 0 Å². The molecule has 0 unspecified atom stereocenters. The minimum Gasteiger partial charge on any atom is -0.342 e. The molecule has 15 heavy (non-hydrogen) atoms. The van der Waals surface area contributed by atoms with Crippen molar-refractivity contribution < 1.29 is 0 Å². The van der Waals surface area contributed by atoms with E-state index in [1.54, 1.807) is 0 Å². The van der Waals surface area contributed by atoms with Gasteiger partial charge < -0.3 is 4.90 Å². The fourth-order valence-electron chi connectivity index (χ4n) is 1.79. The van der Waals surface area contributed by atoms with Gasteiger partial charge in [0.1, 0.15) is 0 Å². The average molecular weight is 212 g/mol. The molecule has 0 saturated carbocycles. The van der Waals surface area contributed by atoms with Gasteiger partial charge in [-0.15, -0.1) is 0 Å². The lowest BCUT2D eigenvalue weighted by atomic mass is 10.2. The Morgan fingerprint density at radius 3 is 2.33 bits per heavy atom. The lowest BCUT2D eigenvalue weighted by Crippen LogP contribution is -2.45. The first-order valence-electron chi connectivity index (χ1n) is 6.00. The van der Waals surface area contributed by atoms with Crippen LogP contribution in [0, 0.1) is 5.92 Å². The van der Waals surface area contributed by atoms with E-state index >= 15 is 0 Å². The minimum absolute atomic E-state index is 0.584. The van der Waals surface area contributed by atoms with E-state index in [9.17, 15) is 0 Å². The molecule has 0 spiro atoms. The number of hydrazine groups is 1. The van der Waals surface area contributed by atoms with Gasteiger partial charge in [-0.1, -0.05) is 26.7 Å². The van der Waals surface area contributed by atoms with Crippen molar-refractivity contribution in [3.63, 3.8) is 0 Å². The van der Waals surface area contributed by atoms with Gasteiger partial charge in [0.15, 0.2) is 0 Å². The third kappa shape index (κ3) is 4.51. The van der Waals surface area contributed by atoms with Gasteiger partial charge in [-0.2, -0.15) is 0 Å². The Hall–Kier alpha value is -0.770. The highest BCUT2D eigenvalue weighted by atomic mass is 15.4. The molecule has 4 heteroatoms. The minimum atomic E-state index is 0.584. The summed E-state index contributed by atoms with van der Waals surface area (Å²) in [7, 11) is 0. The highest BCUT2D eigenvalue weighted by molar-refractivity contribution is 5.79. The standard InChI is InChI=1S/C11H24N4/c1-10(2)9-13-11(14-12)15-7-5-3-4-6-8-15/h10H,3-9,12H2,1-2H3,(H,13,14). The van der Waals surface area contributed by atoms with Crippen LogP contribution in [0.3, 0.4) is 0 Å². The highest BCUT2D eigenvalue weighted by Crippen LogP contribution is 2.09. The topological polar surface area (TPSA) is 53.6 Å². The maximum atomic E-state index is 5.52. The molecule has 0 aromatic heterocycles. The Balaban J connectivity index is 2.51. The van der Waals surface area contributed by atoms with Crippen molar-refractivity contribution in [3.8, 4) is 0 Å². The third-order valence-electron chi connectivity index (χ3n) is 2.64. The van der Waals surface area contributed by atoms with Crippen molar-refractivity contribution in [2.45, 2.75) is 39.5 Å².